The Kier molecular flexibility index (Phi) is 12.1. The molecule has 0 spiro atoms. The predicted octanol–water partition coefficient (Wildman–Crippen LogP) is 6.66. The van der Waals surface area contributed by atoms with E-state index >= 15 is 0 Å². The van der Waals surface area contributed by atoms with Crippen LogP contribution in [0, 0.1) is 10.1 Å². The summed E-state index contributed by atoms with van der Waals surface area (Å²) < 4.78 is 68.4. The van der Waals surface area contributed by atoms with Crippen LogP contribution in [0.2, 0.25) is 5.02 Å². The Bertz CT molecular complexity index is 3060. The molecule has 7 rings (SSSR count). The minimum Gasteiger partial charge on any atom is -0.871 e. The summed E-state index contributed by atoms with van der Waals surface area (Å²) in [6, 6.07) is 24.5. The fraction of sp³-hybridized carbons (Fsp3) is 0. The normalized spacial score (nSPS) is 11.8. The number of benzene rings is 7. The molecule has 0 saturated carbocycles. The minimum atomic E-state index is -4.84. The smallest absolute Gasteiger partial charge is 0.871 e. The molecule has 1 radical (unpaired) electrons. The molecule has 0 aliphatic carbocycles. The van der Waals surface area contributed by atoms with Gasteiger partial charge in [-0.3, -0.25) is 10.1 Å². The third-order valence-corrected chi connectivity index (χ3v) is 10.1. The van der Waals surface area contributed by atoms with Gasteiger partial charge in [0.05, 0.1) is 37.5 Å². The minimum absolute atomic E-state index is 0. The molecule has 7 aromatic rings. The zero-order valence-corrected chi connectivity index (χ0v) is 31.8. The summed E-state index contributed by atoms with van der Waals surface area (Å²) in [6.07, 6.45) is 0. The molecular weight excluding hydrogens is 846 g/mol. The third kappa shape index (κ3) is 8.77. The van der Waals surface area contributed by atoms with Gasteiger partial charge in [-0.25, -0.2) is 16.8 Å². The average molecular weight is 867 g/mol. The average Bonchev–Trinajstić information content (AvgIpc) is 3.15. The molecule has 0 N–H and O–H groups in total. The first-order chi connectivity index (χ1) is 26.5. The van der Waals surface area contributed by atoms with Gasteiger partial charge in [0, 0.05) is 22.2 Å². The van der Waals surface area contributed by atoms with E-state index in [4.69, 9.17) is 11.6 Å². The van der Waals surface area contributed by atoms with Gasteiger partial charge in [0.25, 0.3) is 5.69 Å². The van der Waals surface area contributed by atoms with E-state index < -0.39 is 57.9 Å². The van der Waals surface area contributed by atoms with Gasteiger partial charge in [-0.2, -0.15) is 20.5 Å². The number of fused-ring (bicyclic) bond motifs is 3. The van der Waals surface area contributed by atoms with E-state index in [-0.39, 0.29) is 76.7 Å². The summed E-state index contributed by atoms with van der Waals surface area (Å²) >= 11 is 5.72. The van der Waals surface area contributed by atoms with Gasteiger partial charge >= 0.3 is 21.6 Å². The Hall–Kier alpha value is -6.24. The number of rotatable bonds is 7. The van der Waals surface area contributed by atoms with Crippen LogP contribution < -0.4 is 20.4 Å². The summed E-state index contributed by atoms with van der Waals surface area (Å²) in [6.45, 7) is 0. The molecule has 0 unspecified atom stereocenters. The Morgan fingerprint density at radius 2 is 1.11 bits per heavy atom. The van der Waals surface area contributed by atoms with Crippen LogP contribution in [0.3, 0.4) is 0 Å². The van der Waals surface area contributed by atoms with E-state index in [1.807, 2.05) is 12.1 Å². The Morgan fingerprint density at radius 1 is 0.544 bits per heavy atom. The maximum atomic E-state index is 12.5. The van der Waals surface area contributed by atoms with Gasteiger partial charge in [-0.1, -0.05) is 113 Å². The largest absolute Gasteiger partial charge is 3.00 e. The number of hydrogen-bond donors (Lipinski definition) is 0. The standard InChI is InChI=1S/C20H14N2O5S.C16H10ClN3O7S.Cr/c23-16-10-9-12-5-1-2-6-13(12)19(16)21-22-20-15-8-4-3-7-14(15)18(11-17(20)24)28(25,26)27;17-10-6-12(14(21)7-13(10)20(23)24)19-18-11-5-4-8-9(16(11)22)2-1-3-15(8)28(25,26)27;/h1-11,23-24H,(H,25,26,27);1-7,21-22H,(H,25,26,27);/q;;+3/p-3. The second-order valence-corrected chi connectivity index (χ2v) is 14.6. The zero-order chi connectivity index (χ0) is 40.5. The first-order valence-electron chi connectivity index (χ1n) is 15.5. The second kappa shape index (κ2) is 16.5. The Balaban J connectivity index is 0.000000388. The van der Waals surface area contributed by atoms with Crippen LogP contribution in [0.5, 0.6) is 23.0 Å². The van der Waals surface area contributed by atoms with Crippen molar-refractivity contribution in [2.75, 3.05) is 0 Å². The molecule has 0 saturated heterocycles. The number of hydrogen-bond acceptors (Lipinski definition) is 16. The van der Waals surface area contributed by atoms with Gasteiger partial charge < -0.3 is 29.5 Å². The predicted molar refractivity (Wildman–Crippen MR) is 195 cm³/mol. The van der Waals surface area contributed by atoms with E-state index in [1.165, 1.54) is 36.4 Å². The van der Waals surface area contributed by atoms with Gasteiger partial charge in [0.2, 0.25) is 0 Å². The number of nitro groups is 1. The SMILES string of the molecule is O=S(=O)([O-])c1cc([O-])c(N=Nc2c([O-])ccc3ccccc23)c2ccccc12.O=[N+]([O-])c1cc([O-])c(N=Nc2ccc3c(S(=O)(=O)[O-])cccc3c2[O-])cc1Cl.[Cr+3].[H+].[H+].[H+]. The van der Waals surface area contributed by atoms with Crippen LogP contribution in [0.1, 0.15) is 4.28 Å². The molecule has 287 valence electrons. The second-order valence-electron chi connectivity index (χ2n) is 11.5. The number of halogens is 1. The van der Waals surface area contributed by atoms with E-state index in [2.05, 4.69) is 20.5 Å². The summed E-state index contributed by atoms with van der Waals surface area (Å²) in [5.41, 5.74) is -1.22. The molecular formula is C36H21ClCrN5O12S2. The zero-order valence-electron chi connectivity index (χ0n) is 31.1. The van der Waals surface area contributed by atoms with Crippen molar-refractivity contribution in [2.24, 2.45) is 20.5 Å². The van der Waals surface area contributed by atoms with Crippen molar-refractivity contribution >= 4 is 92.6 Å². The van der Waals surface area contributed by atoms with Crippen LogP contribution in [0.4, 0.5) is 28.4 Å². The van der Waals surface area contributed by atoms with Crippen LogP contribution >= 0.6 is 11.6 Å². The summed E-state index contributed by atoms with van der Waals surface area (Å²) in [5, 5.41) is 76.1. The molecule has 0 bridgehead atoms. The monoisotopic (exact) mass is 866 g/mol. The molecule has 0 aliphatic rings. The summed E-state index contributed by atoms with van der Waals surface area (Å²) in [5.74, 6) is -2.68. The third-order valence-electron chi connectivity index (χ3n) is 8.04. The molecule has 57 heavy (non-hydrogen) atoms. The van der Waals surface area contributed by atoms with E-state index in [9.17, 15) is 56.5 Å². The quantitative estimate of drug-likeness (QED) is 0.0703. The summed E-state index contributed by atoms with van der Waals surface area (Å²) in [7, 11) is -9.63. The molecule has 0 amide bonds. The Labute approximate surface area is 341 Å². The fourth-order valence-corrected chi connectivity index (χ4v) is 7.11. The molecule has 17 nitrogen and oxygen atoms in total. The number of nitrogens with zero attached hydrogens (tertiary/aromatic N) is 5. The molecule has 0 aromatic heterocycles. The van der Waals surface area contributed by atoms with Crippen molar-refractivity contribution in [1.82, 2.24) is 0 Å². The van der Waals surface area contributed by atoms with Crippen LogP contribution in [-0.2, 0) is 37.6 Å². The van der Waals surface area contributed by atoms with Gasteiger partial charge in [0.15, 0.2) is 0 Å². The molecule has 0 atom stereocenters. The van der Waals surface area contributed by atoms with Gasteiger partial charge in [-0.05, 0) is 40.4 Å². The van der Waals surface area contributed by atoms with E-state index in [1.54, 1.807) is 30.3 Å². The van der Waals surface area contributed by atoms with Crippen molar-refractivity contribution in [3.63, 3.8) is 0 Å². The van der Waals surface area contributed by atoms with Crippen molar-refractivity contribution in [3.05, 3.63) is 124 Å². The number of nitro benzene ring substituents is 1. The summed E-state index contributed by atoms with van der Waals surface area (Å²) in [4.78, 5) is 8.77. The maximum absolute atomic E-state index is 12.5. The maximum Gasteiger partial charge on any atom is 3.00 e. The first kappa shape index (κ1) is 41.9. The molecule has 0 aliphatic heterocycles. The van der Waals surface area contributed by atoms with Crippen LogP contribution in [0.15, 0.2) is 139 Å². The first-order valence-corrected chi connectivity index (χ1v) is 18.7. The van der Waals surface area contributed by atoms with Crippen molar-refractivity contribution in [2.45, 2.75) is 9.79 Å². The Morgan fingerprint density at radius 3 is 1.75 bits per heavy atom. The van der Waals surface area contributed by atoms with E-state index in [0.29, 0.717) is 11.5 Å². The molecule has 21 heteroatoms. The van der Waals surface area contributed by atoms with Crippen molar-refractivity contribution < 1.29 is 72.9 Å². The molecule has 0 fully saturated rings. The number of azo groups is 2. The fourth-order valence-electron chi connectivity index (χ4n) is 5.50. The van der Waals surface area contributed by atoms with Gasteiger partial charge in [0.1, 0.15) is 25.3 Å². The topological polar surface area (TPSA) is 299 Å². The van der Waals surface area contributed by atoms with Crippen LogP contribution in [-0.4, -0.2) is 30.9 Å². The van der Waals surface area contributed by atoms with Gasteiger partial charge in [-0.15, -0.1) is 0 Å². The van der Waals surface area contributed by atoms with E-state index in [0.717, 1.165) is 29.7 Å². The molecule has 0 heterocycles. The molecule has 7 aromatic carbocycles. The van der Waals surface area contributed by atoms with Crippen molar-refractivity contribution in [1.29, 1.82) is 0 Å². The van der Waals surface area contributed by atoms with Crippen molar-refractivity contribution in [3.8, 4) is 23.0 Å². The van der Waals surface area contributed by atoms with Crippen LogP contribution in [0.25, 0.3) is 32.3 Å².